The van der Waals surface area contributed by atoms with Gasteiger partial charge in [-0.3, -0.25) is 4.21 Å². The van der Waals surface area contributed by atoms with Gasteiger partial charge >= 0.3 is 0 Å². The second-order valence-electron chi connectivity index (χ2n) is 3.61. The Morgan fingerprint density at radius 3 is 2.88 bits per heavy atom. The van der Waals surface area contributed by atoms with Crippen LogP contribution in [0.5, 0.6) is 0 Å². The van der Waals surface area contributed by atoms with Crippen molar-refractivity contribution >= 4 is 45.3 Å². The normalized spacial score (nSPS) is 12.1. The highest BCUT2D eigenvalue weighted by atomic mass is 35.5. The lowest BCUT2D eigenvalue weighted by molar-refractivity contribution is 0.685. The first-order valence-corrected chi connectivity index (χ1v) is 7.65. The summed E-state index contributed by atoms with van der Waals surface area (Å²) in [6, 6.07) is 5.34. The van der Waals surface area contributed by atoms with Crippen LogP contribution in [-0.4, -0.2) is 27.8 Å². The molecule has 0 radical (unpaired) electrons. The Balaban J connectivity index is 2.65. The van der Waals surface area contributed by atoms with Crippen molar-refractivity contribution in [2.45, 2.75) is 6.42 Å². The Kier molecular flexibility index (Phi) is 5.88. The summed E-state index contributed by atoms with van der Waals surface area (Å²) in [4.78, 5) is 0.336. The third kappa shape index (κ3) is 5.02. The number of rotatable bonds is 6. The molecular formula is C11H15ClN2OS2. The molecule has 3 N–H and O–H groups in total. The van der Waals surface area contributed by atoms with Crippen molar-refractivity contribution < 1.29 is 4.21 Å². The van der Waals surface area contributed by atoms with E-state index in [4.69, 9.17) is 29.6 Å². The molecule has 0 bridgehead atoms. The van der Waals surface area contributed by atoms with Gasteiger partial charge in [0, 0.05) is 45.6 Å². The second-order valence-corrected chi connectivity index (χ2v) is 6.04. The first-order chi connectivity index (χ1) is 8.00. The first kappa shape index (κ1) is 14.4. The molecule has 0 fully saturated rings. The Labute approximate surface area is 114 Å². The summed E-state index contributed by atoms with van der Waals surface area (Å²) < 4.78 is 10.9. The minimum atomic E-state index is -0.759. The average Bonchev–Trinajstić information content (AvgIpc) is 2.23. The number of hydrogen-bond acceptors (Lipinski definition) is 3. The second kappa shape index (κ2) is 6.93. The molecule has 1 rings (SSSR count). The maximum absolute atomic E-state index is 10.9. The highest BCUT2D eigenvalue weighted by molar-refractivity contribution is 7.84. The van der Waals surface area contributed by atoms with Crippen molar-refractivity contribution in [3.05, 3.63) is 28.8 Å². The van der Waals surface area contributed by atoms with E-state index in [2.05, 4.69) is 5.32 Å². The molecule has 0 amide bonds. The first-order valence-electron chi connectivity index (χ1n) is 5.14. The van der Waals surface area contributed by atoms with Crippen molar-refractivity contribution in [1.29, 1.82) is 0 Å². The van der Waals surface area contributed by atoms with Gasteiger partial charge in [0.2, 0.25) is 0 Å². The van der Waals surface area contributed by atoms with E-state index in [9.17, 15) is 4.21 Å². The Hall–Kier alpha value is -0.650. The molecule has 94 valence electrons. The maximum Gasteiger partial charge on any atom is 0.106 e. The molecular weight excluding hydrogens is 276 g/mol. The number of thiocarbonyl (C=S) groups is 1. The molecule has 0 heterocycles. The zero-order chi connectivity index (χ0) is 12.8. The monoisotopic (exact) mass is 290 g/mol. The molecule has 1 aromatic rings. The van der Waals surface area contributed by atoms with Crippen LogP contribution in [0.3, 0.4) is 0 Å². The highest BCUT2D eigenvalue weighted by Crippen LogP contribution is 2.21. The molecule has 1 aromatic carbocycles. The van der Waals surface area contributed by atoms with E-state index in [0.717, 1.165) is 24.2 Å². The predicted molar refractivity (Wildman–Crippen MR) is 79.4 cm³/mol. The molecule has 6 heteroatoms. The van der Waals surface area contributed by atoms with Gasteiger partial charge in [-0.05, 0) is 24.6 Å². The van der Waals surface area contributed by atoms with E-state index in [1.54, 1.807) is 24.5 Å². The summed E-state index contributed by atoms with van der Waals surface area (Å²) in [5, 5.41) is 3.84. The lowest BCUT2D eigenvalue weighted by Gasteiger charge is -2.11. The van der Waals surface area contributed by atoms with E-state index < -0.39 is 10.8 Å². The summed E-state index contributed by atoms with van der Waals surface area (Å²) >= 11 is 10.9. The van der Waals surface area contributed by atoms with Gasteiger partial charge in [-0.2, -0.15) is 0 Å². The maximum atomic E-state index is 10.9. The van der Waals surface area contributed by atoms with E-state index >= 15 is 0 Å². The number of nitrogens with two attached hydrogens (primary N) is 1. The van der Waals surface area contributed by atoms with Crippen LogP contribution in [-0.2, 0) is 10.8 Å². The quantitative estimate of drug-likeness (QED) is 0.623. The molecule has 0 spiro atoms. The SMILES string of the molecule is CS(=O)CCCNc1cc(Cl)ccc1C(N)=S. The number of hydrogen-bond donors (Lipinski definition) is 2. The third-order valence-corrected chi connectivity index (χ3v) is 3.49. The van der Waals surface area contributed by atoms with E-state index in [1.165, 1.54) is 0 Å². The molecule has 0 saturated carbocycles. The van der Waals surface area contributed by atoms with Gasteiger partial charge in [-0.25, -0.2) is 0 Å². The Morgan fingerprint density at radius 2 is 2.29 bits per heavy atom. The van der Waals surface area contributed by atoms with Gasteiger partial charge in [0.15, 0.2) is 0 Å². The predicted octanol–water partition coefficient (Wildman–Crippen LogP) is 2.15. The van der Waals surface area contributed by atoms with E-state index in [-0.39, 0.29) is 0 Å². The van der Waals surface area contributed by atoms with Crippen molar-refractivity contribution in [2.24, 2.45) is 5.73 Å². The fourth-order valence-corrected chi connectivity index (χ4v) is 2.28. The fraction of sp³-hybridized carbons (Fsp3) is 0.364. The van der Waals surface area contributed by atoms with Crippen LogP contribution in [0.1, 0.15) is 12.0 Å². The van der Waals surface area contributed by atoms with Crippen LogP contribution >= 0.6 is 23.8 Å². The van der Waals surface area contributed by atoms with Crippen LogP contribution in [0.4, 0.5) is 5.69 Å². The molecule has 0 aliphatic rings. The molecule has 3 nitrogen and oxygen atoms in total. The van der Waals surface area contributed by atoms with Gasteiger partial charge in [0.05, 0.1) is 0 Å². The highest BCUT2D eigenvalue weighted by Gasteiger charge is 2.05. The third-order valence-electron chi connectivity index (χ3n) is 2.17. The summed E-state index contributed by atoms with van der Waals surface area (Å²) in [5.41, 5.74) is 7.22. The number of anilines is 1. The summed E-state index contributed by atoms with van der Waals surface area (Å²) in [6.07, 6.45) is 2.52. The van der Waals surface area contributed by atoms with Crippen LogP contribution in [0.15, 0.2) is 18.2 Å². The minimum absolute atomic E-state index is 0.336. The van der Waals surface area contributed by atoms with E-state index in [0.29, 0.717) is 15.8 Å². The fourth-order valence-electron chi connectivity index (χ4n) is 1.38. The number of benzene rings is 1. The van der Waals surface area contributed by atoms with Crippen LogP contribution in [0.2, 0.25) is 5.02 Å². The van der Waals surface area contributed by atoms with Crippen LogP contribution in [0.25, 0.3) is 0 Å². The molecule has 0 aromatic heterocycles. The number of nitrogens with one attached hydrogen (secondary N) is 1. The Morgan fingerprint density at radius 1 is 1.59 bits per heavy atom. The topological polar surface area (TPSA) is 55.1 Å². The van der Waals surface area contributed by atoms with Crippen molar-refractivity contribution in [1.82, 2.24) is 0 Å². The van der Waals surface area contributed by atoms with Gasteiger partial charge < -0.3 is 11.1 Å². The van der Waals surface area contributed by atoms with Crippen molar-refractivity contribution in [2.75, 3.05) is 23.9 Å². The molecule has 0 aliphatic carbocycles. The molecule has 1 atom stereocenters. The van der Waals surface area contributed by atoms with Crippen molar-refractivity contribution in [3.8, 4) is 0 Å². The largest absolute Gasteiger partial charge is 0.389 e. The lowest BCUT2D eigenvalue weighted by Crippen LogP contribution is -2.14. The van der Waals surface area contributed by atoms with E-state index in [1.807, 2.05) is 0 Å². The standard InChI is InChI=1S/C11H15ClN2OS2/c1-17(15)6-2-5-14-10-7-8(12)3-4-9(10)11(13)16/h3-4,7,14H,2,5-6H2,1H3,(H2,13,16). The summed E-state index contributed by atoms with van der Waals surface area (Å²) in [6.45, 7) is 0.718. The molecule has 1 unspecified atom stereocenters. The summed E-state index contributed by atoms with van der Waals surface area (Å²) in [5.74, 6) is 0.677. The lowest BCUT2D eigenvalue weighted by atomic mass is 10.1. The van der Waals surface area contributed by atoms with Crippen LogP contribution < -0.4 is 11.1 Å². The summed E-state index contributed by atoms with van der Waals surface area (Å²) in [7, 11) is -0.759. The van der Waals surface area contributed by atoms with Gasteiger partial charge in [0.25, 0.3) is 0 Å². The van der Waals surface area contributed by atoms with Crippen LogP contribution in [0, 0.1) is 0 Å². The zero-order valence-electron chi connectivity index (χ0n) is 9.53. The smallest absolute Gasteiger partial charge is 0.106 e. The number of halogens is 1. The Bertz CT molecular complexity index is 437. The molecule has 0 aliphatic heterocycles. The zero-order valence-corrected chi connectivity index (χ0v) is 11.9. The molecule has 17 heavy (non-hydrogen) atoms. The van der Waals surface area contributed by atoms with Gasteiger partial charge in [-0.15, -0.1) is 0 Å². The minimum Gasteiger partial charge on any atom is -0.389 e. The van der Waals surface area contributed by atoms with Gasteiger partial charge in [-0.1, -0.05) is 23.8 Å². The average molecular weight is 291 g/mol. The van der Waals surface area contributed by atoms with Gasteiger partial charge in [0.1, 0.15) is 4.99 Å². The van der Waals surface area contributed by atoms with Crippen molar-refractivity contribution in [3.63, 3.8) is 0 Å². The molecule has 0 saturated heterocycles.